The standard InChI is InChI=1S/C26H24N4O8S/c1-38-21-9-7-19(8-10-21)29-24(31)16-23(26(29)33)28(25(32)18-3-2-4-20(15-18)30(34)35)14-13-17-5-11-22(12-6-17)39(27,36)37/h2-12,15,23H,13-14,16H2,1H3,(H2,27,36,37). The van der Waals surface area contributed by atoms with Gasteiger partial charge in [-0.3, -0.25) is 24.5 Å². The van der Waals surface area contributed by atoms with E-state index in [1.54, 1.807) is 24.3 Å². The number of rotatable bonds is 9. The van der Waals surface area contributed by atoms with Gasteiger partial charge in [0.2, 0.25) is 15.9 Å². The number of sulfonamides is 1. The van der Waals surface area contributed by atoms with Crippen molar-refractivity contribution in [2.75, 3.05) is 18.6 Å². The van der Waals surface area contributed by atoms with Crippen LogP contribution < -0.4 is 14.8 Å². The molecular weight excluding hydrogens is 528 g/mol. The van der Waals surface area contributed by atoms with Crippen molar-refractivity contribution >= 4 is 39.1 Å². The lowest BCUT2D eigenvalue weighted by atomic mass is 10.1. The number of nitrogens with zero attached hydrogens (tertiary/aromatic N) is 3. The van der Waals surface area contributed by atoms with Crippen LogP contribution in [0.4, 0.5) is 11.4 Å². The highest BCUT2D eigenvalue weighted by Gasteiger charge is 2.44. The van der Waals surface area contributed by atoms with Gasteiger partial charge in [0.05, 0.1) is 29.0 Å². The van der Waals surface area contributed by atoms with E-state index in [4.69, 9.17) is 9.88 Å². The molecule has 1 aliphatic rings. The molecular formula is C26H24N4O8S. The predicted octanol–water partition coefficient (Wildman–Crippen LogP) is 2.27. The third-order valence-corrected chi connectivity index (χ3v) is 7.22. The van der Waals surface area contributed by atoms with Gasteiger partial charge in [0.25, 0.3) is 17.5 Å². The molecule has 39 heavy (non-hydrogen) atoms. The molecule has 0 aliphatic carbocycles. The number of nitro groups is 1. The molecule has 2 N–H and O–H groups in total. The number of methoxy groups -OCH3 is 1. The molecule has 1 aliphatic heterocycles. The van der Waals surface area contributed by atoms with E-state index in [9.17, 15) is 32.9 Å². The maximum atomic E-state index is 13.6. The number of hydrogen-bond acceptors (Lipinski definition) is 8. The second-order valence-corrected chi connectivity index (χ2v) is 10.3. The predicted molar refractivity (Wildman–Crippen MR) is 140 cm³/mol. The SMILES string of the molecule is COc1ccc(N2C(=O)CC(N(CCc3ccc(S(N)(=O)=O)cc3)C(=O)c3cccc([N+](=O)[O-])c3)C2=O)cc1. The molecule has 3 aromatic rings. The highest BCUT2D eigenvalue weighted by molar-refractivity contribution is 7.89. The van der Waals surface area contributed by atoms with Crippen molar-refractivity contribution < 1.29 is 32.5 Å². The molecule has 0 aromatic heterocycles. The van der Waals surface area contributed by atoms with Crippen LogP contribution in [-0.4, -0.2) is 55.7 Å². The minimum Gasteiger partial charge on any atom is -0.497 e. The monoisotopic (exact) mass is 552 g/mol. The summed E-state index contributed by atoms with van der Waals surface area (Å²) in [6, 6.07) is 16.0. The molecule has 0 spiro atoms. The van der Waals surface area contributed by atoms with Crippen LogP contribution in [0.5, 0.6) is 5.75 Å². The van der Waals surface area contributed by atoms with Crippen molar-refractivity contribution in [3.05, 3.63) is 94.0 Å². The van der Waals surface area contributed by atoms with Crippen molar-refractivity contribution in [3.63, 3.8) is 0 Å². The third-order valence-electron chi connectivity index (χ3n) is 6.29. The minimum atomic E-state index is -3.89. The van der Waals surface area contributed by atoms with E-state index in [1.807, 2.05) is 0 Å². The Balaban J connectivity index is 1.65. The molecule has 4 rings (SSSR count). The summed E-state index contributed by atoms with van der Waals surface area (Å²) in [6.07, 6.45) is -0.0814. The summed E-state index contributed by atoms with van der Waals surface area (Å²) < 4.78 is 28.2. The van der Waals surface area contributed by atoms with Gasteiger partial charge in [-0.1, -0.05) is 18.2 Å². The first-order valence-electron chi connectivity index (χ1n) is 11.7. The fourth-order valence-electron chi connectivity index (χ4n) is 4.27. The molecule has 1 heterocycles. The fourth-order valence-corrected chi connectivity index (χ4v) is 4.79. The number of ether oxygens (including phenoxy) is 1. The fraction of sp³-hybridized carbons (Fsp3) is 0.192. The van der Waals surface area contributed by atoms with Crippen LogP contribution >= 0.6 is 0 Å². The molecule has 0 bridgehead atoms. The van der Waals surface area contributed by atoms with Crippen molar-refractivity contribution in [2.45, 2.75) is 23.8 Å². The summed E-state index contributed by atoms with van der Waals surface area (Å²) in [5.74, 6) is -1.26. The van der Waals surface area contributed by atoms with Crippen LogP contribution in [-0.2, 0) is 26.0 Å². The first-order valence-corrected chi connectivity index (χ1v) is 13.2. The zero-order valence-electron chi connectivity index (χ0n) is 20.7. The van der Waals surface area contributed by atoms with Crippen LogP contribution in [0.1, 0.15) is 22.3 Å². The number of imide groups is 1. The molecule has 1 fully saturated rings. The molecule has 12 nitrogen and oxygen atoms in total. The quantitative estimate of drug-likeness (QED) is 0.239. The normalized spacial score (nSPS) is 15.3. The van der Waals surface area contributed by atoms with Gasteiger partial charge >= 0.3 is 0 Å². The topological polar surface area (TPSA) is 170 Å². The summed E-state index contributed by atoms with van der Waals surface area (Å²) in [5.41, 5.74) is 0.641. The lowest BCUT2D eigenvalue weighted by molar-refractivity contribution is -0.384. The van der Waals surface area contributed by atoms with E-state index in [-0.39, 0.29) is 35.5 Å². The Bertz CT molecular complexity index is 1540. The van der Waals surface area contributed by atoms with E-state index in [2.05, 4.69) is 0 Å². The van der Waals surface area contributed by atoms with Gasteiger partial charge < -0.3 is 9.64 Å². The number of nitrogens with two attached hydrogens (primary N) is 1. The first-order chi connectivity index (χ1) is 18.5. The number of primary sulfonamides is 1. The number of non-ortho nitro benzene ring substituents is 1. The first kappa shape index (κ1) is 27.4. The van der Waals surface area contributed by atoms with E-state index in [1.165, 1.54) is 54.5 Å². The van der Waals surface area contributed by atoms with Crippen LogP contribution in [0.3, 0.4) is 0 Å². The van der Waals surface area contributed by atoms with Gasteiger partial charge in [-0.05, 0) is 54.4 Å². The Morgan fingerprint density at radius 1 is 1.10 bits per heavy atom. The van der Waals surface area contributed by atoms with Gasteiger partial charge in [-0.15, -0.1) is 0 Å². The molecule has 0 radical (unpaired) electrons. The van der Waals surface area contributed by atoms with Crippen molar-refractivity contribution in [2.24, 2.45) is 5.14 Å². The lowest BCUT2D eigenvalue weighted by Gasteiger charge is -2.28. The maximum absolute atomic E-state index is 13.6. The molecule has 1 saturated heterocycles. The summed E-state index contributed by atoms with van der Waals surface area (Å²) >= 11 is 0. The second kappa shape index (κ2) is 11.0. The minimum absolute atomic E-state index is 0.0167. The Labute approximate surface area is 223 Å². The van der Waals surface area contributed by atoms with E-state index in [0.717, 1.165) is 11.0 Å². The van der Waals surface area contributed by atoms with Crippen LogP contribution in [0.25, 0.3) is 0 Å². The third kappa shape index (κ3) is 5.94. The zero-order valence-corrected chi connectivity index (χ0v) is 21.5. The molecule has 1 unspecified atom stereocenters. The Morgan fingerprint density at radius 2 is 1.77 bits per heavy atom. The number of nitro benzene ring substituents is 1. The van der Waals surface area contributed by atoms with E-state index >= 15 is 0 Å². The largest absolute Gasteiger partial charge is 0.497 e. The molecule has 0 saturated carbocycles. The van der Waals surface area contributed by atoms with Gasteiger partial charge in [0.15, 0.2) is 0 Å². The molecule has 13 heteroatoms. The summed E-state index contributed by atoms with van der Waals surface area (Å²) in [5, 5.41) is 16.4. The van der Waals surface area contributed by atoms with E-state index in [0.29, 0.717) is 17.0 Å². The lowest BCUT2D eigenvalue weighted by Crippen LogP contribution is -2.46. The van der Waals surface area contributed by atoms with Crippen LogP contribution in [0.15, 0.2) is 77.7 Å². The smallest absolute Gasteiger partial charge is 0.270 e. The molecule has 3 amide bonds. The van der Waals surface area contributed by atoms with Gasteiger partial charge in [-0.2, -0.15) is 0 Å². The summed E-state index contributed by atoms with van der Waals surface area (Å²) in [4.78, 5) is 52.8. The van der Waals surface area contributed by atoms with Crippen LogP contribution in [0, 0.1) is 10.1 Å². The van der Waals surface area contributed by atoms with Gasteiger partial charge in [0, 0.05) is 24.2 Å². The summed E-state index contributed by atoms with van der Waals surface area (Å²) in [6.45, 7) is -0.0314. The Kier molecular flexibility index (Phi) is 7.74. The number of amides is 3. The molecule has 3 aromatic carbocycles. The zero-order chi connectivity index (χ0) is 28.3. The number of benzene rings is 3. The molecule has 202 valence electrons. The van der Waals surface area contributed by atoms with Crippen molar-refractivity contribution in [1.29, 1.82) is 0 Å². The number of hydrogen-bond donors (Lipinski definition) is 1. The number of anilines is 1. The van der Waals surface area contributed by atoms with Crippen molar-refractivity contribution in [3.8, 4) is 5.75 Å². The second-order valence-electron chi connectivity index (χ2n) is 8.73. The average molecular weight is 553 g/mol. The number of carbonyl (C=O) groups is 3. The Morgan fingerprint density at radius 3 is 2.36 bits per heavy atom. The van der Waals surface area contributed by atoms with Gasteiger partial charge in [0.1, 0.15) is 11.8 Å². The highest BCUT2D eigenvalue weighted by atomic mass is 32.2. The van der Waals surface area contributed by atoms with Gasteiger partial charge in [-0.25, -0.2) is 18.5 Å². The maximum Gasteiger partial charge on any atom is 0.270 e. The summed E-state index contributed by atoms with van der Waals surface area (Å²) in [7, 11) is -2.41. The average Bonchev–Trinajstić information content (AvgIpc) is 3.21. The van der Waals surface area contributed by atoms with E-state index < -0.39 is 38.7 Å². The highest BCUT2D eigenvalue weighted by Crippen LogP contribution is 2.29. The number of carbonyl (C=O) groups excluding carboxylic acids is 3. The Hall–Kier alpha value is -4.62. The molecule has 1 atom stereocenters. The van der Waals surface area contributed by atoms with Crippen LogP contribution in [0.2, 0.25) is 0 Å². The van der Waals surface area contributed by atoms with Crippen molar-refractivity contribution in [1.82, 2.24) is 4.90 Å².